The fourth-order valence-electron chi connectivity index (χ4n) is 8.87. The lowest BCUT2D eigenvalue weighted by Gasteiger charge is -2.35. The van der Waals surface area contributed by atoms with E-state index in [0.717, 1.165) is 65.1 Å². The first-order valence-electron chi connectivity index (χ1n) is 22.4. The van der Waals surface area contributed by atoms with Crippen molar-refractivity contribution in [2.45, 2.75) is 98.5 Å². The largest absolute Gasteiger partial charge is 0.496 e. The number of aryl methyl sites for hydroxylation is 3. The summed E-state index contributed by atoms with van der Waals surface area (Å²) < 4.78 is 12.8. The van der Waals surface area contributed by atoms with Gasteiger partial charge in [-0.05, 0) is 80.0 Å². The van der Waals surface area contributed by atoms with Gasteiger partial charge in [-0.3, -0.25) is 28.7 Å². The van der Waals surface area contributed by atoms with Crippen molar-refractivity contribution in [3.63, 3.8) is 0 Å². The highest BCUT2D eigenvalue weighted by Crippen LogP contribution is 2.40. The lowest BCUT2D eigenvalue weighted by atomic mass is 9.85. The Morgan fingerprint density at radius 3 is 2.22 bits per heavy atom. The lowest BCUT2D eigenvalue weighted by molar-refractivity contribution is -0.142. The van der Waals surface area contributed by atoms with Crippen molar-refractivity contribution in [1.29, 1.82) is 0 Å². The summed E-state index contributed by atoms with van der Waals surface area (Å²) in [5, 5.41) is 26.6. The first-order chi connectivity index (χ1) is 32.4. The lowest BCUT2D eigenvalue weighted by Crippen LogP contribution is -2.57. The third-order valence-corrected chi connectivity index (χ3v) is 15.0. The summed E-state index contributed by atoms with van der Waals surface area (Å²) in [6.07, 6.45) is -0.851. The van der Waals surface area contributed by atoms with Gasteiger partial charge in [0.1, 0.15) is 34.7 Å². The molecule has 6 aromatic rings. The number of β-amino-alcohol motifs (C(OH)–C–C–N with tert-alkyl or cyclic N) is 1. The number of carbonyl (C=O) groups excluding carboxylic acids is 4. The van der Waals surface area contributed by atoms with E-state index in [4.69, 9.17) is 14.5 Å². The van der Waals surface area contributed by atoms with E-state index in [9.17, 15) is 24.3 Å². The zero-order valence-electron chi connectivity index (χ0n) is 39.8. The molecule has 1 fully saturated rings. The standard InChI is InChI=1S/C51H56N8O7S2/c1-26-29(4)68-50-42(26)43(54-38(23-41(61)66-10)46-57-56-30(5)59(46)50)33-15-13-32(14-16-33)35-19-20-37(40(21-35)65-9)47(62)55-45(51(6,7)8)49(64)58-24-36(60)22-39(58)48(63)53-27(2)31-11-17-34(18-12-31)44-28(3)52-25-67-44/h11-21,25,27,36,38-39,45,60H,22-24H2,1-10H3,(H,53,63)(H,55,62)/t27-,36+,38-,39-,45?/m0/s1. The van der Waals surface area contributed by atoms with Crippen LogP contribution in [0.3, 0.4) is 0 Å². The van der Waals surface area contributed by atoms with Crippen LogP contribution in [0.1, 0.15) is 107 Å². The number of hydrogen-bond acceptors (Lipinski definition) is 13. The van der Waals surface area contributed by atoms with Crippen molar-refractivity contribution in [2.75, 3.05) is 20.8 Å². The van der Waals surface area contributed by atoms with E-state index in [2.05, 4.69) is 39.7 Å². The summed E-state index contributed by atoms with van der Waals surface area (Å²) in [7, 11) is 2.84. The number of ether oxygens (including phenoxy) is 2. The summed E-state index contributed by atoms with van der Waals surface area (Å²) in [5.41, 5.74) is 9.38. The average molecular weight is 957 g/mol. The molecule has 0 radical (unpaired) electrons. The second-order valence-electron chi connectivity index (χ2n) is 18.5. The van der Waals surface area contributed by atoms with Crippen LogP contribution in [0.5, 0.6) is 5.75 Å². The van der Waals surface area contributed by atoms with Gasteiger partial charge in [-0.2, -0.15) is 0 Å². The molecule has 3 aromatic carbocycles. The zero-order valence-corrected chi connectivity index (χ0v) is 41.5. The van der Waals surface area contributed by atoms with Gasteiger partial charge in [-0.15, -0.1) is 32.9 Å². The molecule has 0 aliphatic carbocycles. The van der Waals surface area contributed by atoms with Crippen molar-refractivity contribution in [3.8, 4) is 32.3 Å². The Hall–Kier alpha value is -6.56. The number of likely N-dealkylation sites (tertiary alicyclic amines) is 1. The number of aromatic nitrogens is 4. The van der Waals surface area contributed by atoms with Crippen molar-refractivity contribution < 1.29 is 33.8 Å². The second kappa shape index (κ2) is 19.2. The highest BCUT2D eigenvalue weighted by atomic mass is 32.1. The van der Waals surface area contributed by atoms with Gasteiger partial charge in [0.05, 0.1) is 60.1 Å². The maximum Gasteiger partial charge on any atom is 0.308 e. The molecule has 15 nitrogen and oxygen atoms in total. The number of rotatable bonds is 12. The highest BCUT2D eigenvalue weighted by Gasteiger charge is 2.45. The van der Waals surface area contributed by atoms with Gasteiger partial charge in [0.25, 0.3) is 5.91 Å². The maximum absolute atomic E-state index is 14.5. The minimum atomic E-state index is -1.05. The molecule has 1 unspecified atom stereocenters. The van der Waals surface area contributed by atoms with Gasteiger partial charge in [0.2, 0.25) is 11.8 Å². The van der Waals surface area contributed by atoms with Crippen molar-refractivity contribution in [2.24, 2.45) is 10.4 Å². The Labute approximate surface area is 403 Å². The Morgan fingerprint density at radius 2 is 1.57 bits per heavy atom. The monoisotopic (exact) mass is 956 g/mol. The normalized spacial score (nSPS) is 17.6. The predicted octanol–water partition coefficient (Wildman–Crippen LogP) is 7.80. The van der Waals surface area contributed by atoms with Crippen LogP contribution >= 0.6 is 22.7 Å². The van der Waals surface area contributed by atoms with E-state index in [1.54, 1.807) is 34.8 Å². The number of thiazole rings is 1. The number of nitrogens with zero attached hydrogens (tertiary/aromatic N) is 6. The van der Waals surface area contributed by atoms with Gasteiger partial charge >= 0.3 is 5.97 Å². The van der Waals surface area contributed by atoms with E-state index >= 15 is 0 Å². The molecule has 354 valence electrons. The number of benzene rings is 3. The predicted molar refractivity (Wildman–Crippen MR) is 263 cm³/mol. The molecular formula is C51H56N8O7S2. The van der Waals surface area contributed by atoms with Crippen LogP contribution in [0.2, 0.25) is 0 Å². The van der Waals surface area contributed by atoms with E-state index in [1.165, 1.54) is 19.1 Å². The molecule has 0 saturated carbocycles. The molecule has 5 atom stereocenters. The number of carbonyl (C=O) groups is 4. The highest BCUT2D eigenvalue weighted by molar-refractivity contribution is 7.15. The summed E-state index contributed by atoms with van der Waals surface area (Å²) in [4.78, 5) is 68.2. The number of thiophene rings is 1. The number of fused-ring (bicyclic) bond motifs is 3. The number of hydrogen-bond donors (Lipinski definition) is 3. The van der Waals surface area contributed by atoms with Crippen LogP contribution in [-0.2, 0) is 19.1 Å². The van der Waals surface area contributed by atoms with E-state index in [-0.39, 0.29) is 36.9 Å². The molecule has 2 aliphatic heterocycles. The minimum absolute atomic E-state index is 0.00244. The van der Waals surface area contributed by atoms with E-state index in [1.807, 2.05) is 106 Å². The van der Waals surface area contributed by atoms with Gasteiger partial charge in [0, 0.05) is 29.0 Å². The Balaban J connectivity index is 0.998. The van der Waals surface area contributed by atoms with Crippen LogP contribution in [-0.4, -0.2) is 98.1 Å². The molecule has 2 aliphatic rings. The quantitative estimate of drug-likeness (QED) is 0.102. The van der Waals surface area contributed by atoms with Gasteiger partial charge in [0.15, 0.2) is 5.82 Å². The number of methoxy groups -OCH3 is 2. The molecule has 1 saturated heterocycles. The fourth-order valence-corrected chi connectivity index (χ4v) is 10.9. The van der Waals surface area contributed by atoms with Gasteiger partial charge in [-0.1, -0.05) is 75.4 Å². The van der Waals surface area contributed by atoms with Crippen LogP contribution in [0.4, 0.5) is 0 Å². The molecule has 3 aromatic heterocycles. The fraction of sp³-hybridized carbons (Fsp3) is 0.373. The average Bonchev–Trinajstić information content (AvgIpc) is 4.09. The van der Waals surface area contributed by atoms with Gasteiger partial charge in [-0.25, -0.2) is 4.98 Å². The number of esters is 1. The zero-order chi connectivity index (χ0) is 48.8. The molecule has 17 heteroatoms. The van der Waals surface area contributed by atoms with E-state index < -0.39 is 47.4 Å². The van der Waals surface area contributed by atoms with E-state index in [0.29, 0.717) is 17.4 Å². The van der Waals surface area contributed by atoms with Gasteiger partial charge < -0.3 is 30.1 Å². The Morgan fingerprint density at radius 1 is 0.897 bits per heavy atom. The third kappa shape index (κ3) is 9.34. The number of aliphatic hydroxyl groups is 1. The first-order valence-corrected chi connectivity index (χ1v) is 24.1. The molecule has 68 heavy (non-hydrogen) atoms. The molecule has 0 bridgehead atoms. The first kappa shape index (κ1) is 47.9. The second-order valence-corrected chi connectivity index (χ2v) is 20.5. The third-order valence-electron chi connectivity index (χ3n) is 12.8. The molecule has 3 N–H and O–H groups in total. The Kier molecular flexibility index (Phi) is 13.5. The number of aliphatic imine (C=N–C) groups is 1. The van der Waals surface area contributed by atoms with Crippen molar-refractivity contribution in [3.05, 3.63) is 122 Å². The van der Waals surface area contributed by atoms with Crippen LogP contribution < -0.4 is 15.4 Å². The van der Waals surface area contributed by atoms with Crippen LogP contribution in [0.25, 0.3) is 26.6 Å². The number of amides is 3. The summed E-state index contributed by atoms with van der Waals surface area (Å²) in [5.74, 6) is -0.223. The molecule has 8 rings (SSSR count). The molecule has 5 heterocycles. The number of nitrogens with one attached hydrogen (secondary N) is 2. The summed E-state index contributed by atoms with van der Waals surface area (Å²) >= 11 is 3.20. The molecule has 3 amide bonds. The molecule has 0 spiro atoms. The topological polar surface area (TPSA) is 190 Å². The SMILES string of the molecule is COC(=O)C[C@@H]1N=C(c2ccc(-c3ccc(C(=O)NC(C(=O)N4C[C@H](O)C[C@H]4C(=O)N[C@@H](C)c4ccc(-c5scnc5C)cc4)C(C)(C)C)c(OC)c3)cc2)c2c(sc(C)c2C)-n2c(C)nnc21. The minimum Gasteiger partial charge on any atom is -0.496 e. The number of aliphatic hydroxyl groups excluding tert-OH is 1. The Bertz CT molecular complexity index is 2930. The molecular weight excluding hydrogens is 901 g/mol. The van der Waals surface area contributed by atoms with Crippen LogP contribution in [0.15, 0.2) is 77.2 Å². The van der Waals surface area contributed by atoms with Crippen molar-refractivity contribution in [1.82, 2.24) is 35.3 Å². The summed E-state index contributed by atoms with van der Waals surface area (Å²) in [6, 6.07) is 18.1. The smallest absolute Gasteiger partial charge is 0.308 e. The van der Waals surface area contributed by atoms with Crippen LogP contribution in [0, 0.1) is 33.1 Å². The maximum atomic E-state index is 14.5. The van der Waals surface area contributed by atoms with Crippen molar-refractivity contribution >= 4 is 52.1 Å². The summed E-state index contributed by atoms with van der Waals surface area (Å²) in [6.45, 7) is 15.4.